The Morgan fingerprint density at radius 1 is 1.75 bits per heavy atom. The molecule has 0 aliphatic heterocycles. The Morgan fingerprint density at radius 2 is 2.50 bits per heavy atom. The van der Waals surface area contributed by atoms with Gasteiger partial charge in [-0.2, -0.15) is 0 Å². The van der Waals surface area contributed by atoms with Gasteiger partial charge in [0.1, 0.15) is 0 Å². The highest BCUT2D eigenvalue weighted by Crippen LogP contribution is 2.14. The van der Waals surface area contributed by atoms with E-state index in [0.29, 0.717) is 11.7 Å². The van der Waals surface area contributed by atoms with Crippen molar-refractivity contribution in [2.75, 3.05) is 6.54 Å². The molecule has 0 aliphatic carbocycles. The summed E-state index contributed by atoms with van der Waals surface area (Å²) in [6.45, 7) is 3.42. The molecule has 1 rings (SSSR count). The zero-order chi connectivity index (χ0) is 8.97. The van der Waals surface area contributed by atoms with Crippen LogP contribution in [0.15, 0.2) is 12.4 Å². The highest BCUT2D eigenvalue weighted by atomic mass is 35.5. The fourth-order valence-corrected chi connectivity index (χ4v) is 1.18. The van der Waals surface area contributed by atoms with E-state index in [0.717, 1.165) is 12.2 Å². The van der Waals surface area contributed by atoms with Gasteiger partial charge in [-0.3, -0.25) is 0 Å². The maximum Gasteiger partial charge on any atom is 0.154 e. The van der Waals surface area contributed by atoms with Gasteiger partial charge in [0.05, 0.1) is 12.0 Å². The van der Waals surface area contributed by atoms with E-state index in [2.05, 4.69) is 4.98 Å². The summed E-state index contributed by atoms with van der Waals surface area (Å²) in [6, 6.07) is 0. The van der Waals surface area contributed by atoms with Crippen LogP contribution in [0.5, 0.6) is 0 Å². The minimum absolute atomic E-state index is 0.519. The van der Waals surface area contributed by atoms with E-state index in [1.165, 1.54) is 0 Å². The molecular formula is C8H12ClN3. The van der Waals surface area contributed by atoms with Crippen molar-refractivity contribution in [1.29, 1.82) is 0 Å². The molecule has 0 saturated heterocycles. The van der Waals surface area contributed by atoms with Crippen molar-refractivity contribution in [3.8, 4) is 0 Å². The second kappa shape index (κ2) is 4.28. The number of nitrogens with two attached hydrogens (primary N) is 1. The summed E-state index contributed by atoms with van der Waals surface area (Å²) >= 11 is 5.84. The van der Waals surface area contributed by atoms with E-state index in [4.69, 9.17) is 17.3 Å². The molecule has 0 saturated carbocycles. The van der Waals surface area contributed by atoms with Crippen LogP contribution in [0.3, 0.4) is 0 Å². The van der Waals surface area contributed by atoms with Gasteiger partial charge in [-0.1, -0.05) is 17.7 Å². The largest absolute Gasteiger partial charge is 0.330 e. The molecule has 2 N–H and O–H groups in total. The SMILES string of the molecule is CCn1cnc(Cl)c1/C=C/CN. The zero-order valence-electron chi connectivity index (χ0n) is 7.00. The standard InChI is InChI=1S/C8H12ClN3/c1-2-12-6-11-8(9)7(12)4-3-5-10/h3-4,6H,2,5,10H2,1H3/b4-3+. The maximum atomic E-state index is 5.84. The van der Waals surface area contributed by atoms with Gasteiger partial charge in [-0.05, 0) is 13.0 Å². The van der Waals surface area contributed by atoms with Crippen LogP contribution in [0, 0.1) is 0 Å². The average Bonchev–Trinajstić information content (AvgIpc) is 2.43. The number of halogens is 1. The second-order valence-corrected chi connectivity index (χ2v) is 2.70. The molecule has 1 heterocycles. The first kappa shape index (κ1) is 9.29. The number of rotatable bonds is 3. The van der Waals surface area contributed by atoms with Crippen molar-refractivity contribution in [3.05, 3.63) is 23.3 Å². The smallest absolute Gasteiger partial charge is 0.154 e. The monoisotopic (exact) mass is 185 g/mol. The molecule has 0 unspecified atom stereocenters. The van der Waals surface area contributed by atoms with Gasteiger partial charge in [0.15, 0.2) is 5.15 Å². The molecule has 4 heteroatoms. The molecule has 0 atom stereocenters. The lowest BCUT2D eigenvalue weighted by atomic mass is 10.4. The van der Waals surface area contributed by atoms with Crippen LogP contribution in [0.2, 0.25) is 5.15 Å². The molecule has 0 bridgehead atoms. The molecule has 0 radical (unpaired) electrons. The molecule has 0 fully saturated rings. The highest BCUT2D eigenvalue weighted by Gasteiger charge is 2.02. The van der Waals surface area contributed by atoms with E-state index in [1.807, 2.05) is 23.6 Å². The van der Waals surface area contributed by atoms with Gasteiger partial charge in [0, 0.05) is 13.1 Å². The van der Waals surface area contributed by atoms with Crippen molar-refractivity contribution < 1.29 is 0 Å². The number of imidazole rings is 1. The van der Waals surface area contributed by atoms with Crippen molar-refractivity contribution >= 4 is 17.7 Å². The Balaban J connectivity index is 2.94. The zero-order valence-corrected chi connectivity index (χ0v) is 7.75. The lowest BCUT2D eigenvalue weighted by Gasteiger charge is -1.99. The van der Waals surface area contributed by atoms with Crippen molar-refractivity contribution in [1.82, 2.24) is 9.55 Å². The lowest BCUT2D eigenvalue weighted by molar-refractivity contribution is 0.754. The average molecular weight is 186 g/mol. The summed E-state index contributed by atoms with van der Waals surface area (Å²) < 4.78 is 1.97. The summed E-state index contributed by atoms with van der Waals surface area (Å²) in [4.78, 5) is 3.98. The fourth-order valence-electron chi connectivity index (χ4n) is 0.963. The molecular weight excluding hydrogens is 174 g/mol. The number of hydrogen-bond acceptors (Lipinski definition) is 2. The van der Waals surface area contributed by atoms with Gasteiger partial charge in [-0.25, -0.2) is 4.98 Å². The van der Waals surface area contributed by atoms with Gasteiger partial charge in [0.25, 0.3) is 0 Å². The first-order valence-electron chi connectivity index (χ1n) is 3.86. The Morgan fingerprint density at radius 3 is 3.08 bits per heavy atom. The maximum absolute atomic E-state index is 5.84. The number of aromatic nitrogens is 2. The minimum atomic E-state index is 0.519. The van der Waals surface area contributed by atoms with Gasteiger partial charge in [0.2, 0.25) is 0 Å². The topological polar surface area (TPSA) is 43.8 Å². The molecule has 1 aromatic heterocycles. The predicted molar refractivity (Wildman–Crippen MR) is 51.0 cm³/mol. The van der Waals surface area contributed by atoms with Crippen molar-refractivity contribution in [2.45, 2.75) is 13.5 Å². The Bertz CT molecular complexity index is 278. The van der Waals surface area contributed by atoms with E-state index in [1.54, 1.807) is 6.33 Å². The summed E-state index contributed by atoms with van der Waals surface area (Å²) in [5, 5.41) is 0.529. The normalized spacial score (nSPS) is 11.2. The summed E-state index contributed by atoms with van der Waals surface area (Å²) in [7, 11) is 0. The molecule has 0 aromatic carbocycles. The van der Waals surface area contributed by atoms with Crippen molar-refractivity contribution in [2.24, 2.45) is 5.73 Å². The summed E-state index contributed by atoms with van der Waals surface area (Å²) in [6.07, 6.45) is 5.46. The van der Waals surface area contributed by atoms with Crippen LogP contribution < -0.4 is 5.73 Å². The molecule has 0 aliphatic rings. The number of aryl methyl sites for hydroxylation is 1. The molecule has 0 spiro atoms. The van der Waals surface area contributed by atoms with Crippen molar-refractivity contribution in [3.63, 3.8) is 0 Å². The van der Waals surface area contributed by atoms with Crippen LogP contribution in [0.1, 0.15) is 12.6 Å². The van der Waals surface area contributed by atoms with Crippen LogP contribution in [-0.4, -0.2) is 16.1 Å². The van der Waals surface area contributed by atoms with Gasteiger partial charge in [-0.15, -0.1) is 0 Å². The third-order valence-electron chi connectivity index (χ3n) is 1.58. The van der Waals surface area contributed by atoms with E-state index < -0.39 is 0 Å². The summed E-state index contributed by atoms with van der Waals surface area (Å²) in [5.41, 5.74) is 6.25. The summed E-state index contributed by atoms with van der Waals surface area (Å²) in [5.74, 6) is 0. The van der Waals surface area contributed by atoms with Gasteiger partial charge >= 0.3 is 0 Å². The van der Waals surface area contributed by atoms with E-state index in [9.17, 15) is 0 Å². The van der Waals surface area contributed by atoms with E-state index in [-0.39, 0.29) is 0 Å². The molecule has 3 nitrogen and oxygen atoms in total. The Hall–Kier alpha value is -0.800. The molecule has 0 amide bonds. The van der Waals surface area contributed by atoms with Crippen LogP contribution in [0.4, 0.5) is 0 Å². The van der Waals surface area contributed by atoms with Crippen LogP contribution in [0.25, 0.3) is 6.08 Å². The van der Waals surface area contributed by atoms with Gasteiger partial charge < -0.3 is 10.3 Å². The van der Waals surface area contributed by atoms with Crippen LogP contribution >= 0.6 is 11.6 Å². The molecule has 12 heavy (non-hydrogen) atoms. The Kier molecular flexibility index (Phi) is 3.31. The first-order valence-corrected chi connectivity index (χ1v) is 4.24. The quantitative estimate of drug-likeness (QED) is 0.776. The third kappa shape index (κ3) is 1.87. The van der Waals surface area contributed by atoms with E-state index >= 15 is 0 Å². The lowest BCUT2D eigenvalue weighted by Crippen LogP contribution is -1.96. The molecule has 1 aromatic rings. The third-order valence-corrected chi connectivity index (χ3v) is 1.87. The molecule has 66 valence electrons. The predicted octanol–water partition coefficient (Wildman–Crippen LogP) is 1.53. The number of hydrogen-bond donors (Lipinski definition) is 1. The minimum Gasteiger partial charge on any atom is -0.330 e. The highest BCUT2D eigenvalue weighted by molar-refractivity contribution is 6.30. The Labute approximate surface area is 76.8 Å². The second-order valence-electron chi connectivity index (χ2n) is 2.34. The first-order chi connectivity index (χ1) is 5.79. The number of nitrogens with zero attached hydrogens (tertiary/aromatic N) is 2. The van der Waals surface area contributed by atoms with Crippen LogP contribution in [-0.2, 0) is 6.54 Å². The fraction of sp³-hybridized carbons (Fsp3) is 0.375.